The number of sulfonamides is 1. The van der Waals surface area contributed by atoms with Crippen molar-refractivity contribution < 1.29 is 22.7 Å². The lowest BCUT2D eigenvalue weighted by Crippen LogP contribution is -2.32. The Kier molecular flexibility index (Phi) is 5.14. The minimum absolute atomic E-state index is 0.0103. The highest BCUT2D eigenvalue weighted by Crippen LogP contribution is 2.35. The van der Waals surface area contributed by atoms with E-state index in [9.17, 15) is 18.0 Å². The highest BCUT2D eigenvalue weighted by atomic mass is 32.2. The first-order chi connectivity index (χ1) is 13.9. The van der Waals surface area contributed by atoms with Gasteiger partial charge in [0, 0.05) is 18.9 Å². The monoisotopic (exact) mass is 414 g/mol. The average Bonchev–Trinajstić information content (AvgIpc) is 3.05. The molecule has 1 saturated heterocycles. The molecule has 1 fully saturated rings. The lowest BCUT2D eigenvalue weighted by atomic mass is 9.88. The molecule has 0 unspecified atom stereocenters. The van der Waals surface area contributed by atoms with Gasteiger partial charge < -0.3 is 4.74 Å². The summed E-state index contributed by atoms with van der Waals surface area (Å²) in [6.45, 7) is 0. The summed E-state index contributed by atoms with van der Waals surface area (Å²) in [5.41, 5.74) is 2.29. The molecule has 0 saturated carbocycles. The van der Waals surface area contributed by atoms with E-state index in [-0.39, 0.29) is 47.0 Å². The SMILES string of the molecule is COc1ccc(S(=O)(=O)N[C@H]2CCCc3ccccc32)cc1N1C(=O)CCC1=O. The van der Waals surface area contributed by atoms with Gasteiger partial charge in [-0.2, -0.15) is 0 Å². The number of carbonyl (C=O) groups is 2. The van der Waals surface area contributed by atoms with Crippen LogP contribution in [0.5, 0.6) is 5.75 Å². The van der Waals surface area contributed by atoms with Crippen LogP contribution in [0.4, 0.5) is 5.69 Å². The quantitative estimate of drug-likeness (QED) is 0.760. The number of carbonyl (C=O) groups excluding carboxylic acids is 2. The van der Waals surface area contributed by atoms with Crippen LogP contribution >= 0.6 is 0 Å². The van der Waals surface area contributed by atoms with E-state index in [0.29, 0.717) is 6.42 Å². The van der Waals surface area contributed by atoms with E-state index >= 15 is 0 Å². The Morgan fingerprint density at radius 2 is 1.76 bits per heavy atom. The van der Waals surface area contributed by atoms with Gasteiger partial charge in [0.2, 0.25) is 21.8 Å². The van der Waals surface area contributed by atoms with Crippen molar-refractivity contribution in [2.75, 3.05) is 12.0 Å². The third kappa shape index (κ3) is 3.65. The third-order valence-corrected chi connectivity index (χ3v) is 6.89. The van der Waals surface area contributed by atoms with Crippen LogP contribution in [0.15, 0.2) is 47.4 Å². The van der Waals surface area contributed by atoms with Crippen LogP contribution in [-0.2, 0) is 26.0 Å². The summed E-state index contributed by atoms with van der Waals surface area (Å²) in [6, 6.07) is 11.7. The van der Waals surface area contributed by atoms with Crippen molar-refractivity contribution in [1.82, 2.24) is 4.72 Å². The molecule has 1 heterocycles. The molecule has 1 aliphatic carbocycles. The molecule has 0 aromatic heterocycles. The predicted molar refractivity (Wildman–Crippen MR) is 107 cm³/mol. The number of nitrogens with zero attached hydrogens (tertiary/aromatic N) is 1. The fourth-order valence-corrected chi connectivity index (χ4v) is 5.26. The van der Waals surface area contributed by atoms with E-state index in [1.807, 2.05) is 24.3 Å². The number of nitrogens with one attached hydrogen (secondary N) is 1. The summed E-state index contributed by atoms with van der Waals surface area (Å²) in [5.74, 6) is -0.454. The molecule has 4 rings (SSSR count). The minimum atomic E-state index is -3.87. The zero-order valence-electron chi connectivity index (χ0n) is 16.1. The lowest BCUT2D eigenvalue weighted by Gasteiger charge is -2.26. The van der Waals surface area contributed by atoms with Gasteiger partial charge in [0.1, 0.15) is 5.75 Å². The highest BCUT2D eigenvalue weighted by molar-refractivity contribution is 7.89. The Balaban J connectivity index is 1.69. The van der Waals surface area contributed by atoms with Crippen LogP contribution in [0, 0.1) is 0 Å². The number of rotatable bonds is 5. The Labute approximate surface area is 169 Å². The minimum Gasteiger partial charge on any atom is -0.495 e. The first kappa shape index (κ1) is 19.6. The first-order valence-electron chi connectivity index (χ1n) is 9.54. The van der Waals surface area contributed by atoms with Crippen molar-refractivity contribution in [1.29, 1.82) is 0 Å². The van der Waals surface area contributed by atoms with E-state index in [1.54, 1.807) is 0 Å². The van der Waals surface area contributed by atoms with Crippen LogP contribution in [0.25, 0.3) is 0 Å². The lowest BCUT2D eigenvalue weighted by molar-refractivity contribution is -0.121. The summed E-state index contributed by atoms with van der Waals surface area (Å²) in [5, 5.41) is 0. The summed E-state index contributed by atoms with van der Waals surface area (Å²) >= 11 is 0. The fourth-order valence-electron chi connectivity index (χ4n) is 3.99. The maximum Gasteiger partial charge on any atom is 0.241 e. The zero-order valence-corrected chi connectivity index (χ0v) is 16.9. The Morgan fingerprint density at radius 3 is 2.48 bits per heavy atom. The number of amides is 2. The van der Waals surface area contributed by atoms with E-state index in [4.69, 9.17) is 4.74 Å². The third-order valence-electron chi connectivity index (χ3n) is 5.42. The van der Waals surface area contributed by atoms with Crippen molar-refractivity contribution in [3.8, 4) is 5.75 Å². The molecule has 152 valence electrons. The van der Waals surface area contributed by atoms with E-state index < -0.39 is 10.0 Å². The standard InChI is InChI=1S/C21H22N2O5S/c1-28-19-10-9-15(13-18(19)23-20(24)11-12-21(23)25)29(26,27)22-17-8-4-6-14-5-2-3-7-16(14)17/h2-3,5,7,9-10,13,17,22H,4,6,8,11-12H2,1H3/t17-/m0/s1. The molecule has 7 nitrogen and oxygen atoms in total. The van der Waals surface area contributed by atoms with Crippen LogP contribution in [0.1, 0.15) is 42.9 Å². The molecule has 2 aromatic rings. The van der Waals surface area contributed by atoms with Crippen LogP contribution in [0.3, 0.4) is 0 Å². The molecule has 0 radical (unpaired) electrons. The number of hydrogen-bond acceptors (Lipinski definition) is 5. The predicted octanol–water partition coefficient (Wildman–Crippen LogP) is 2.70. The molecule has 0 spiro atoms. The number of aryl methyl sites for hydroxylation is 1. The molecule has 2 aromatic carbocycles. The van der Waals surface area contributed by atoms with Gasteiger partial charge in [0.15, 0.2) is 0 Å². The number of methoxy groups -OCH3 is 1. The molecule has 1 N–H and O–H groups in total. The summed E-state index contributed by atoms with van der Waals surface area (Å²) in [4.78, 5) is 25.3. The van der Waals surface area contributed by atoms with Crippen molar-refractivity contribution in [2.24, 2.45) is 0 Å². The smallest absolute Gasteiger partial charge is 0.241 e. The molecule has 2 aliphatic rings. The van der Waals surface area contributed by atoms with Gasteiger partial charge in [-0.25, -0.2) is 18.0 Å². The Hall–Kier alpha value is -2.71. The fraction of sp³-hybridized carbons (Fsp3) is 0.333. The van der Waals surface area contributed by atoms with Gasteiger partial charge in [-0.3, -0.25) is 9.59 Å². The number of benzene rings is 2. The van der Waals surface area contributed by atoms with Gasteiger partial charge in [0.05, 0.1) is 17.7 Å². The number of fused-ring (bicyclic) bond motifs is 1. The summed E-state index contributed by atoms with van der Waals surface area (Å²) < 4.78 is 34.2. The second kappa shape index (κ2) is 7.61. The van der Waals surface area contributed by atoms with Gasteiger partial charge in [-0.05, 0) is 48.6 Å². The van der Waals surface area contributed by atoms with Gasteiger partial charge in [-0.15, -0.1) is 0 Å². The maximum atomic E-state index is 13.1. The normalized spacial score (nSPS) is 19.3. The largest absolute Gasteiger partial charge is 0.495 e. The molecule has 2 amide bonds. The number of ether oxygens (including phenoxy) is 1. The van der Waals surface area contributed by atoms with Crippen LogP contribution in [0.2, 0.25) is 0 Å². The summed E-state index contributed by atoms with van der Waals surface area (Å²) in [6.07, 6.45) is 2.75. The average molecular weight is 414 g/mol. The van der Waals surface area contributed by atoms with E-state index in [2.05, 4.69) is 4.72 Å². The van der Waals surface area contributed by atoms with Crippen molar-refractivity contribution in [3.63, 3.8) is 0 Å². The molecule has 8 heteroatoms. The number of imide groups is 1. The molecular formula is C21H22N2O5S. The van der Waals surface area contributed by atoms with Gasteiger partial charge >= 0.3 is 0 Å². The van der Waals surface area contributed by atoms with Crippen molar-refractivity contribution in [2.45, 2.75) is 43.0 Å². The number of hydrogen-bond donors (Lipinski definition) is 1. The molecule has 29 heavy (non-hydrogen) atoms. The Bertz CT molecular complexity index is 1060. The van der Waals surface area contributed by atoms with Crippen LogP contribution in [-0.4, -0.2) is 27.3 Å². The molecule has 1 aliphatic heterocycles. The summed E-state index contributed by atoms with van der Waals surface area (Å²) in [7, 11) is -2.46. The molecular weight excluding hydrogens is 392 g/mol. The van der Waals surface area contributed by atoms with Crippen molar-refractivity contribution >= 4 is 27.5 Å². The van der Waals surface area contributed by atoms with E-state index in [0.717, 1.165) is 28.9 Å². The zero-order chi connectivity index (χ0) is 20.6. The second-order valence-electron chi connectivity index (χ2n) is 7.22. The van der Waals surface area contributed by atoms with Crippen LogP contribution < -0.4 is 14.4 Å². The first-order valence-corrected chi connectivity index (χ1v) is 11.0. The van der Waals surface area contributed by atoms with Gasteiger partial charge in [0.25, 0.3) is 0 Å². The van der Waals surface area contributed by atoms with E-state index in [1.165, 1.54) is 25.3 Å². The highest BCUT2D eigenvalue weighted by Gasteiger charge is 2.34. The van der Waals surface area contributed by atoms with Crippen molar-refractivity contribution in [3.05, 3.63) is 53.6 Å². The number of anilines is 1. The maximum absolute atomic E-state index is 13.1. The second-order valence-corrected chi connectivity index (χ2v) is 8.94. The molecule has 0 bridgehead atoms. The molecule has 1 atom stereocenters. The Morgan fingerprint density at radius 1 is 1.03 bits per heavy atom. The van der Waals surface area contributed by atoms with Gasteiger partial charge in [-0.1, -0.05) is 24.3 Å². The topological polar surface area (TPSA) is 92.8 Å².